The van der Waals surface area contributed by atoms with Crippen molar-refractivity contribution < 1.29 is 14.0 Å². The lowest BCUT2D eigenvalue weighted by atomic mass is 10.1. The highest BCUT2D eigenvalue weighted by Gasteiger charge is 2.24. The van der Waals surface area contributed by atoms with E-state index in [-0.39, 0.29) is 11.8 Å². The number of amides is 2. The van der Waals surface area contributed by atoms with Crippen LogP contribution >= 0.6 is 15.9 Å². The Hall–Kier alpha value is -1.47. The van der Waals surface area contributed by atoms with E-state index in [1.54, 1.807) is 11.9 Å². The zero-order valence-corrected chi connectivity index (χ0v) is 13.3. The van der Waals surface area contributed by atoms with Gasteiger partial charge in [0.05, 0.1) is 12.1 Å². The van der Waals surface area contributed by atoms with Crippen LogP contribution in [0.25, 0.3) is 0 Å². The quantitative estimate of drug-likeness (QED) is 0.880. The summed E-state index contributed by atoms with van der Waals surface area (Å²) in [4.78, 5) is 27.4. The number of rotatable bonds is 3. The molecule has 1 aromatic rings. The highest BCUT2D eigenvalue weighted by molar-refractivity contribution is 9.10. The molecule has 0 atom stereocenters. The Morgan fingerprint density at radius 3 is 2.57 bits per heavy atom. The van der Waals surface area contributed by atoms with Crippen molar-refractivity contribution in [2.75, 3.05) is 39.8 Å². The molecule has 1 heterocycles. The molecule has 114 valence electrons. The Morgan fingerprint density at radius 1 is 1.29 bits per heavy atom. The maximum atomic E-state index is 13.3. The summed E-state index contributed by atoms with van der Waals surface area (Å²) < 4.78 is 13.9. The molecule has 1 fully saturated rings. The van der Waals surface area contributed by atoms with Gasteiger partial charge in [-0.2, -0.15) is 0 Å². The van der Waals surface area contributed by atoms with Gasteiger partial charge >= 0.3 is 0 Å². The van der Waals surface area contributed by atoms with E-state index >= 15 is 0 Å². The molecule has 0 bridgehead atoms. The third kappa shape index (κ3) is 4.01. The van der Waals surface area contributed by atoms with Gasteiger partial charge in [0, 0.05) is 37.7 Å². The van der Waals surface area contributed by atoms with E-state index in [0.717, 1.165) is 0 Å². The van der Waals surface area contributed by atoms with E-state index in [2.05, 4.69) is 21.2 Å². The summed E-state index contributed by atoms with van der Waals surface area (Å²) in [6, 6.07) is 4.08. The monoisotopic (exact) mass is 357 g/mol. The lowest BCUT2D eigenvalue weighted by Crippen LogP contribution is -2.50. The topological polar surface area (TPSA) is 52.7 Å². The maximum absolute atomic E-state index is 13.3. The van der Waals surface area contributed by atoms with E-state index in [1.165, 1.54) is 18.2 Å². The van der Waals surface area contributed by atoms with Crippen LogP contribution in [0.2, 0.25) is 0 Å². The Kier molecular flexibility index (Phi) is 5.30. The molecular formula is C14H17BrFN3O2. The second-order valence-corrected chi connectivity index (χ2v) is 5.72. The van der Waals surface area contributed by atoms with E-state index in [1.807, 2.05) is 4.90 Å². The number of piperazine rings is 1. The van der Waals surface area contributed by atoms with Crippen molar-refractivity contribution in [3.8, 4) is 0 Å². The van der Waals surface area contributed by atoms with Gasteiger partial charge in [0.2, 0.25) is 5.91 Å². The summed E-state index contributed by atoms with van der Waals surface area (Å²) in [5, 5.41) is 2.58. The van der Waals surface area contributed by atoms with Crippen LogP contribution in [0.4, 0.5) is 4.39 Å². The number of carbonyl (C=O) groups excluding carboxylic acids is 2. The summed E-state index contributed by atoms with van der Waals surface area (Å²) in [6.07, 6.45) is 0. The highest BCUT2D eigenvalue weighted by Crippen LogP contribution is 2.20. The normalized spacial score (nSPS) is 15.9. The van der Waals surface area contributed by atoms with Crippen molar-refractivity contribution in [3.63, 3.8) is 0 Å². The van der Waals surface area contributed by atoms with Crippen molar-refractivity contribution >= 4 is 27.7 Å². The minimum Gasteiger partial charge on any atom is -0.358 e. The summed E-state index contributed by atoms with van der Waals surface area (Å²) in [5.41, 5.74) is 0.328. The number of likely N-dealkylation sites (N-methyl/N-ethyl adjacent to an activating group) is 1. The molecule has 7 heteroatoms. The van der Waals surface area contributed by atoms with Gasteiger partial charge in [0.25, 0.3) is 5.91 Å². The average Bonchev–Trinajstić information content (AvgIpc) is 2.49. The molecule has 2 rings (SSSR count). The van der Waals surface area contributed by atoms with Crippen LogP contribution in [0.3, 0.4) is 0 Å². The minimum atomic E-state index is -0.431. The van der Waals surface area contributed by atoms with Gasteiger partial charge in [0.15, 0.2) is 0 Å². The average molecular weight is 358 g/mol. The second-order valence-electron chi connectivity index (χ2n) is 4.87. The van der Waals surface area contributed by atoms with Gasteiger partial charge < -0.3 is 10.2 Å². The van der Waals surface area contributed by atoms with E-state index in [9.17, 15) is 14.0 Å². The molecule has 0 radical (unpaired) electrons. The van der Waals surface area contributed by atoms with Crippen molar-refractivity contribution in [1.29, 1.82) is 0 Å². The number of carbonyl (C=O) groups is 2. The SMILES string of the molecule is CNC(=O)CN1CCN(C(=O)c2cc(F)ccc2Br)CC1. The van der Waals surface area contributed by atoms with Gasteiger partial charge in [-0.15, -0.1) is 0 Å². The molecular weight excluding hydrogens is 341 g/mol. The number of hydrogen-bond acceptors (Lipinski definition) is 3. The molecule has 2 amide bonds. The molecule has 0 spiro atoms. The first-order chi connectivity index (χ1) is 10.0. The Morgan fingerprint density at radius 2 is 1.95 bits per heavy atom. The molecule has 0 aromatic heterocycles. The summed E-state index contributed by atoms with van der Waals surface area (Å²) >= 11 is 3.27. The van der Waals surface area contributed by atoms with Crippen LogP contribution in [-0.2, 0) is 4.79 Å². The largest absolute Gasteiger partial charge is 0.358 e. The zero-order chi connectivity index (χ0) is 15.4. The van der Waals surface area contributed by atoms with Crippen LogP contribution < -0.4 is 5.32 Å². The third-order valence-electron chi connectivity index (χ3n) is 3.46. The Bertz CT molecular complexity index is 545. The van der Waals surface area contributed by atoms with Crippen molar-refractivity contribution in [1.82, 2.24) is 15.1 Å². The molecule has 5 nitrogen and oxygen atoms in total. The first kappa shape index (κ1) is 15.9. The van der Waals surface area contributed by atoms with Gasteiger partial charge in [-0.05, 0) is 34.1 Å². The lowest BCUT2D eigenvalue weighted by Gasteiger charge is -2.34. The Labute approximate surface area is 131 Å². The van der Waals surface area contributed by atoms with Crippen LogP contribution in [0.15, 0.2) is 22.7 Å². The fourth-order valence-electron chi connectivity index (χ4n) is 2.22. The van der Waals surface area contributed by atoms with Crippen molar-refractivity contribution in [2.45, 2.75) is 0 Å². The smallest absolute Gasteiger partial charge is 0.255 e. The predicted molar refractivity (Wildman–Crippen MR) is 80.5 cm³/mol. The van der Waals surface area contributed by atoms with Gasteiger partial charge in [-0.3, -0.25) is 14.5 Å². The number of nitrogens with zero attached hydrogens (tertiary/aromatic N) is 2. The molecule has 1 saturated heterocycles. The molecule has 0 saturated carbocycles. The maximum Gasteiger partial charge on any atom is 0.255 e. The highest BCUT2D eigenvalue weighted by atomic mass is 79.9. The van der Waals surface area contributed by atoms with E-state index in [4.69, 9.17) is 0 Å². The fraction of sp³-hybridized carbons (Fsp3) is 0.429. The molecule has 0 unspecified atom stereocenters. The number of nitrogens with one attached hydrogen (secondary N) is 1. The predicted octanol–water partition coefficient (Wildman–Crippen LogP) is 1.09. The van der Waals surface area contributed by atoms with Crippen LogP contribution in [-0.4, -0.2) is 61.4 Å². The van der Waals surface area contributed by atoms with E-state index in [0.29, 0.717) is 42.8 Å². The van der Waals surface area contributed by atoms with Gasteiger partial charge in [-0.25, -0.2) is 4.39 Å². The molecule has 1 aromatic carbocycles. The van der Waals surface area contributed by atoms with Gasteiger partial charge in [-0.1, -0.05) is 0 Å². The minimum absolute atomic E-state index is 0.0392. The van der Waals surface area contributed by atoms with Crippen LogP contribution in [0, 0.1) is 5.82 Å². The number of benzene rings is 1. The summed E-state index contributed by atoms with van der Waals surface area (Å²) in [6.45, 7) is 2.65. The van der Waals surface area contributed by atoms with Gasteiger partial charge in [0.1, 0.15) is 5.82 Å². The first-order valence-electron chi connectivity index (χ1n) is 6.68. The molecule has 0 aliphatic carbocycles. The number of hydrogen-bond donors (Lipinski definition) is 1. The fourth-order valence-corrected chi connectivity index (χ4v) is 2.64. The summed E-state index contributed by atoms with van der Waals surface area (Å²) in [5.74, 6) is -0.663. The molecule has 1 aliphatic heterocycles. The molecule has 1 N–H and O–H groups in total. The third-order valence-corrected chi connectivity index (χ3v) is 4.16. The zero-order valence-electron chi connectivity index (χ0n) is 11.7. The standard InChI is InChI=1S/C14H17BrFN3O2/c1-17-13(20)9-18-4-6-19(7-5-18)14(21)11-8-10(16)2-3-12(11)15/h2-3,8H,4-7,9H2,1H3,(H,17,20). The van der Waals surface area contributed by atoms with Crippen LogP contribution in [0.1, 0.15) is 10.4 Å². The molecule has 1 aliphatic rings. The first-order valence-corrected chi connectivity index (χ1v) is 7.48. The lowest BCUT2D eigenvalue weighted by molar-refractivity contribution is -0.122. The van der Waals surface area contributed by atoms with Crippen molar-refractivity contribution in [3.05, 3.63) is 34.1 Å². The number of halogens is 2. The summed E-state index contributed by atoms with van der Waals surface area (Å²) in [7, 11) is 1.60. The Balaban J connectivity index is 1.97. The van der Waals surface area contributed by atoms with Crippen molar-refractivity contribution in [2.24, 2.45) is 0 Å². The molecule has 21 heavy (non-hydrogen) atoms. The second kappa shape index (κ2) is 7.00. The van der Waals surface area contributed by atoms with E-state index < -0.39 is 5.82 Å². The van der Waals surface area contributed by atoms with Crippen LogP contribution in [0.5, 0.6) is 0 Å².